The van der Waals surface area contributed by atoms with E-state index in [0.717, 1.165) is 25.0 Å². The van der Waals surface area contributed by atoms with Crippen LogP contribution in [0.4, 0.5) is 5.82 Å². The molecule has 0 aliphatic heterocycles. The van der Waals surface area contributed by atoms with Gasteiger partial charge in [0.2, 0.25) is 11.8 Å². The average molecular weight is 495 g/mol. The van der Waals surface area contributed by atoms with E-state index in [1.807, 2.05) is 24.3 Å². The van der Waals surface area contributed by atoms with Gasteiger partial charge < -0.3 is 10.2 Å². The van der Waals surface area contributed by atoms with Gasteiger partial charge in [-0.15, -0.1) is 11.6 Å². The zero-order valence-electron chi connectivity index (χ0n) is 20.5. The van der Waals surface area contributed by atoms with E-state index >= 15 is 0 Å². The first kappa shape index (κ1) is 27.2. The molecule has 1 N–H and O–H groups in total. The molecule has 1 heterocycles. The molecule has 0 spiro atoms. The number of unbranched alkanes of at least 4 members (excludes halogenated alkanes) is 2. The predicted molar refractivity (Wildman–Crippen MR) is 137 cm³/mol. The summed E-state index contributed by atoms with van der Waals surface area (Å²) >= 11 is 12.5. The monoisotopic (exact) mass is 494 g/mol. The number of nitrogens with zero attached hydrogens (tertiary/aromatic N) is 3. The summed E-state index contributed by atoms with van der Waals surface area (Å²) in [4.78, 5) is 27.8. The molecule has 33 heavy (non-hydrogen) atoms. The minimum Gasteiger partial charge on any atom is -0.333 e. The van der Waals surface area contributed by atoms with E-state index in [0.29, 0.717) is 23.1 Å². The molecule has 0 radical (unpaired) electrons. The van der Waals surface area contributed by atoms with Crippen molar-refractivity contribution < 1.29 is 9.59 Å². The lowest BCUT2D eigenvalue weighted by Gasteiger charge is -2.30. The second kappa shape index (κ2) is 11.4. The van der Waals surface area contributed by atoms with Crippen molar-refractivity contribution in [2.45, 2.75) is 66.2 Å². The van der Waals surface area contributed by atoms with Gasteiger partial charge in [0.1, 0.15) is 5.82 Å². The van der Waals surface area contributed by atoms with Gasteiger partial charge in [-0.25, -0.2) is 4.68 Å². The molecule has 0 fully saturated rings. The number of rotatable bonds is 10. The number of para-hydroxylation sites is 1. The van der Waals surface area contributed by atoms with Crippen molar-refractivity contribution in [3.05, 3.63) is 41.0 Å². The summed E-state index contributed by atoms with van der Waals surface area (Å²) in [6.07, 6.45) is 2.85. The molecule has 2 amide bonds. The summed E-state index contributed by atoms with van der Waals surface area (Å²) in [6.45, 7) is 12.3. The van der Waals surface area contributed by atoms with E-state index in [9.17, 15) is 9.59 Å². The minimum absolute atomic E-state index is 0.0541. The molecular formula is C25H36Cl2N4O2. The molecule has 0 atom stereocenters. The Bertz CT molecular complexity index is 964. The first-order chi connectivity index (χ1) is 15.4. The number of alkyl halides is 1. The van der Waals surface area contributed by atoms with Crippen LogP contribution >= 0.6 is 23.2 Å². The number of nitrogens with one attached hydrogen (secondary N) is 1. The fourth-order valence-corrected chi connectivity index (χ4v) is 3.62. The van der Waals surface area contributed by atoms with Gasteiger partial charge in [-0.2, -0.15) is 5.10 Å². The van der Waals surface area contributed by atoms with Crippen molar-refractivity contribution in [2.75, 3.05) is 24.3 Å². The van der Waals surface area contributed by atoms with Crippen molar-refractivity contribution >= 4 is 40.8 Å². The Morgan fingerprint density at radius 1 is 1.12 bits per heavy atom. The largest absolute Gasteiger partial charge is 0.333 e. The predicted octanol–water partition coefficient (Wildman–Crippen LogP) is 6.05. The van der Waals surface area contributed by atoms with Gasteiger partial charge in [0, 0.05) is 23.9 Å². The molecule has 0 saturated carbocycles. The molecule has 2 aromatic rings. The number of anilines is 1. The third-order valence-electron chi connectivity index (χ3n) is 5.39. The summed E-state index contributed by atoms with van der Waals surface area (Å²) in [5.41, 5.74) is 0.520. The number of halogens is 2. The Morgan fingerprint density at radius 2 is 1.79 bits per heavy atom. The van der Waals surface area contributed by atoms with Crippen LogP contribution in [0.5, 0.6) is 0 Å². The zero-order valence-corrected chi connectivity index (χ0v) is 22.1. The Balaban J connectivity index is 2.32. The molecular weight excluding hydrogens is 459 g/mol. The lowest BCUT2D eigenvalue weighted by atomic mass is 9.92. The third kappa shape index (κ3) is 7.21. The van der Waals surface area contributed by atoms with Gasteiger partial charge >= 0.3 is 0 Å². The van der Waals surface area contributed by atoms with Gasteiger partial charge in [-0.3, -0.25) is 9.59 Å². The highest BCUT2D eigenvalue weighted by Gasteiger charge is 2.32. The molecule has 8 heteroatoms. The molecule has 0 saturated heterocycles. The summed E-state index contributed by atoms with van der Waals surface area (Å²) < 4.78 is 1.65. The highest BCUT2D eigenvalue weighted by Crippen LogP contribution is 2.29. The van der Waals surface area contributed by atoms with E-state index in [1.165, 1.54) is 0 Å². The minimum atomic E-state index is -0.743. The maximum absolute atomic E-state index is 13.1. The Morgan fingerprint density at radius 3 is 2.36 bits per heavy atom. The molecule has 1 aromatic carbocycles. The van der Waals surface area contributed by atoms with Crippen molar-refractivity contribution in [1.29, 1.82) is 0 Å². The van der Waals surface area contributed by atoms with Crippen LogP contribution in [0.2, 0.25) is 5.02 Å². The first-order valence-corrected chi connectivity index (χ1v) is 12.3. The quantitative estimate of drug-likeness (QED) is 0.323. The summed E-state index contributed by atoms with van der Waals surface area (Å²) in [7, 11) is 0. The van der Waals surface area contributed by atoms with Crippen molar-refractivity contribution in [2.24, 2.45) is 5.41 Å². The van der Waals surface area contributed by atoms with Crippen LogP contribution < -0.4 is 5.32 Å². The lowest BCUT2D eigenvalue weighted by Crippen LogP contribution is -2.46. The van der Waals surface area contributed by atoms with Crippen molar-refractivity contribution in [1.82, 2.24) is 14.7 Å². The first-order valence-electron chi connectivity index (χ1n) is 11.4. The van der Waals surface area contributed by atoms with Crippen molar-refractivity contribution in [3.63, 3.8) is 0 Å². The third-order valence-corrected chi connectivity index (χ3v) is 6.38. The molecule has 1 aromatic heterocycles. The average Bonchev–Trinajstić information content (AvgIpc) is 3.16. The molecule has 6 nitrogen and oxygen atoms in total. The summed E-state index contributed by atoms with van der Waals surface area (Å²) in [5, 5.41) is 8.19. The molecule has 0 aliphatic carbocycles. The second-order valence-electron chi connectivity index (χ2n) is 10.0. The zero-order chi connectivity index (χ0) is 24.8. The molecule has 182 valence electrons. The standard InChI is InChI=1S/C25H36Cl2N4O2/c1-7-8-11-14-30(23(33)25(5,6)17-26)16-22(32)28-21-15-20(24(2,3)4)29-31(21)19-13-10-9-12-18(19)27/h9-10,12-13,15H,7-8,11,14,16-17H2,1-6H3,(H,28,32). The number of carbonyl (C=O) groups is 2. The van der Waals surface area contributed by atoms with Crippen LogP contribution in [0.3, 0.4) is 0 Å². The fourth-order valence-electron chi connectivity index (χ4n) is 3.29. The lowest BCUT2D eigenvalue weighted by molar-refractivity contribution is -0.141. The second-order valence-corrected chi connectivity index (χ2v) is 10.7. The van der Waals surface area contributed by atoms with Crippen LogP contribution in [0, 0.1) is 5.41 Å². The normalized spacial score (nSPS) is 12.0. The van der Waals surface area contributed by atoms with E-state index in [4.69, 9.17) is 28.3 Å². The van der Waals surface area contributed by atoms with E-state index in [2.05, 4.69) is 33.0 Å². The Hall–Kier alpha value is -2.05. The maximum atomic E-state index is 13.1. The van der Waals surface area contributed by atoms with E-state index in [1.54, 1.807) is 29.5 Å². The van der Waals surface area contributed by atoms with Gasteiger partial charge in [0.25, 0.3) is 0 Å². The molecule has 0 bridgehead atoms. The molecule has 2 rings (SSSR count). The summed E-state index contributed by atoms with van der Waals surface area (Å²) in [6, 6.07) is 9.20. The highest BCUT2D eigenvalue weighted by molar-refractivity contribution is 6.32. The van der Waals surface area contributed by atoms with Crippen LogP contribution in [0.1, 0.15) is 66.5 Å². The van der Waals surface area contributed by atoms with E-state index in [-0.39, 0.29) is 29.7 Å². The maximum Gasteiger partial charge on any atom is 0.245 e. The van der Waals surface area contributed by atoms with Crippen LogP contribution in [0.25, 0.3) is 5.69 Å². The molecule has 0 aliphatic rings. The Kier molecular flexibility index (Phi) is 9.38. The van der Waals surface area contributed by atoms with Crippen molar-refractivity contribution in [3.8, 4) is 5.69 Å². The van der Waals surface area contributed by atoms with Gasteiger partial charge in [-0.1, -0.05) is 64.3 Å². The van der Waals surface area contributed by atoms with Crippen LogP contribution in [-0.4, -0.2) is 45.5 Å². The van der Waals surface area contributed by atoms with Gasteiger partial charge in [0.15, 0.2) is 0 Å². The number of aromatic nitrogens is 2. The molecule has 0 unspecified atom stereocenters. The topological polar surface area (TPSA) is 67.2 Å². The number of amides is 2. The number of hydrogen-bond acceptors (Lipinski definition) is 3. The van der Waals surface area contributed by atoms with Gasteiger partial charge in [0.05, 0.1) is 28.4 Å². The fraction of sp³-hybridized carbons (Fsp3) is 0.560. The number of carbonyl (C=O) groups excluding carboxylic acids is 2. The van der Waals surface area contributed by atoms with Gasteiger partial charge in [-0.05, 0) is 32.4 Å². The smallest absolute Gasteiger partial charge is 0.245 e. The summed E-state index contributed by atoms with van der Waals surface area (Å²) in [5.74, 6) is 0.277. The highest BCUT2D eigenvalue weighted by atomic mass is 35.5. The number of benzene rings is 1. The van der Waals surface area contributed by atoms with Crippen LogP contribution in [-0.2, 0) is 15.0 Å². The Labute approximate surface area is 207 Å². The SMILES string of the molecule is CCCCCN(CC(=O)Nc1cc(C(C)(C)C)nn1-c1ccccc1Cl)C(=O)C(C)(C)CCl. The van der Waals surface area contributed by atoms with Crippen LogP contribution in [0.15, 0.2) is 30.3 Å². The number of hydrogen-bond donors (Lipinski definition) is 1. The van der Waals surface area contributed by atoms with E-state index < -0.39 is 5.41 Å².